The van der Waals surface area contributed by atoms with Crippen molar-refractivity contribution >= 4 is 34.4 Å². The summed E-state index contributed by atoms with van der Waals surface area (Å²) in [6.07, 6.45) is 8.07. The molecule has 0 radical (unpaired) electrons. The zero-order valence-corrected chi connectivity index (χ0v) is 24.8. The number of hydrogen-bond donors (Lipinski definition) is 4. The van der Waals surface area contributed by atoms with Crippen LogP contribution in [0.15, 0.2) is 29.3 Å². The van der Waals surface area contributed by atoms with Gasteiger partial charge in [0.15, 0.2) is 5.17 Å². The number of rotatable bonds is 9. The molecule has 2 aliphatic rings. The lowest BCUT2D eigenvalue weighted by Crippen LogP contribution is -2.41. The van der Waals surface area contributed by atoms with Gasteiger partial charge < -0.3 is 21.5 Å². The summed E-state index contributed by atoms with van der Waals surface area (Å²) < 4.78 is -0.410. The predicted octanol–water partition coefficient (Wildman–Crippen LogP) is 5.69. The van der Waals surface area contributed by atoms with Crippen molar-refractivity contribution in [2.24, 2.45) is 16.6 Å². The predicted molar refractivity (Wildman–Crippen MR) is 157 cm³/mol. The van der Waals surface area contributed by atoms with E-state index in [1.54, 1.807) is 11.8 Å². The fourth-order valence-electron chi connectivity index (χ4n) is 4.69. The Balaban J connectivity index is 0.000000443. The number of nitrogens with two attached hydrogens (primary N) is 1. The minimum absolute atomic E-state index is 0.0567. The number of nitrogens with zero attached hydrogens (tertiary/aromatic N) is 1. The van der Waals surface area contributed by atoms with E-state index in [0.717, 1.165) is 73.7 Å². The number of hydrogen-bond acceptors (Lipinski definition) is 6. The summed E-state index contributed by atoms with van der Waals surface area (Å²) in [4.78, 5) is 17.5. The molecule has 6 nitrogen and oxygen atoms in total. The van der Waals surface area contributed by atoms with Gasteiger partial charge in [0.25, 0.3) is 0 Å². The van der Waals surface area contributed by atoms with Crippen LogP contribution in [0.4, 0.5) is 0 Å². The lowest BCUT2D eigenvalue weighted by molar-refractivity contribution is -0.122. The molecule has 8 heteroatoms. The largest absolute Gasteiger partial charge is 0.396 e. The average molecular weight is 541 g/mol. The van der Waals surface area contributed by atoms with Crippen LogP contribution in [-0.4, -0.2) is 52.7 Å². The van der Waals surface area contributed by atoms with E-state index in [2.05, 4.69) is 31.4 Å². The first kappa shape index (κ1) is 32.9. The Morgan fingerprint density at radius 2 is 1.97 bits per heavy atom. The third-order valence-electron chi connectivity index (χ3n) is 6.96. The number of aliphatic hydroxyl groups is 1. The van der Waals surface area contributed by atoms with Crippen molar-refractivity contribution in [1.82, 2.24) is 10.6 Å². The van der Waals surface area contributed by atoms with Crippen LogP contribution in [0, 0.1) is 12.8 Å². The van der Waals surface area contributed by atoms with Crippen molar-refractivity contribution in [3.8, 4) is 0 Å². The van der Waals surface area contributed by atoms with Crippen LogP contribution < -0.4 is 16.4 Å². The number of thioether (sulfide) groups is 1. The van der Waals surface area contributed by atoms with Crippen LogP contribution in [0.1, 0.15) is 84.6 Å². The number of carbonyl (C=O) groups excluding carboxylic acids is 1. The molecule has 4 unspecified atom stereocenters. The van der Waals surface area contributed by atoms with Gasteiger partial charge in [-0.1, -0.05) is 75.2 Å². The number of amides is 1. The van der Waals surface area contributed by atoms with Crippen molar-refractivity contribution < 1.29 is 9.90 Å². The summed E-state index contributed by atoms with van der Waals surface area (Å²) in [6, 6.07) is 8.03. The summed E-state index contributed by atoms with van der Waals surface area (Å²) in [7, 11) is 1.96. The molecule has 1 aliphatic carbocycles. The Morgan fingerprint density at radius 3 is 2.47 bits per heavy atom. The zero-order valence-electron chi connectivity index (χ0n) is 23.2. The molecule has 1 aromatic carbocycles. The standard InChI is InChI=1S/C18H34N4OS.C7H7Cl.C3H8O/c1-5-9-18(19)10-7-14(12-18)21-16-22-15(23)17(3,24-16)13(6-2)8-11-20-4;1-6-4-2-3-5-7(6)8;1-2-3-4/h13-14,20H,5-12,19H2,1-4H3,(H,21,22,23);2-5H,1H3;4H,2-3H2,1H3. The smallest absolute Gasteiger partial charge is 0.242 e. The maximum absolute atomic E-state index is 12.6. The number of aliphatic imine (C=N–C) groups is 1. The van der Waals surface area contributed by atoms with E-state index in [-0.39, 0.29) is 17.5 Å². The summed E-state index contributed by atoms with van der Waals surface area (Å²) in [5, 5.41) is 15.7. The summed E-state index contributed by atoms with van der Waals surface area (Å²) in [6.45, 7) is 11.6. The maximum atomic E-state index is 12.6. The molecular formula is C28H49ClN4O2S. The molecule has 0 spiro atoms. The summed E-state index contributed by atoms with van der Waals surface area (Å²) >= 11 is 7.33. The van der Waals surface area contributed by atoms with Gasteiger partial charge >= 0.3 is 0 Å². The van der Waals surface area contributed by atoms with E-state index >= 15 is 0 Å². The molecule has 1 saturated heterocycles. The van der Waals surface area contributed by atoms with Crippen molar-refractivity contribution in [2.75, 3.05) is 20.2 Å². The third-order valence-corrected chi connectivity index (χ3v) is 8.73. The van der Waals surface area contributed by atoms with Gasteiger partial charge in [-0.3, -0.25) is 9.79 Å². The normalized spacial score (nSPS) is 27.1. The number of aryl methyl sites for hydroxylation is 1. The van der Waals surface area contributed by atoms with Crippen LogP contribution in [0.5, 0.6) is 0 Å². The highest BCUT2D eigenvalue weighted by Crippen LogP contribution is 2.42. The Bertz CT molecular complexity index is 801. The highest BCUT2D eigenvalue weighted by molar-refractivity contribution is 8.16. The number of aliphatic hydroxyl groups excluding tert-OH is 1. The molecule has 2 fully saturated rings. The van der Waals surface area contributed by atoms with Crippen LogP contribution in [0.3, 0.4) is 0 Å². The van der Waals surface area contributed by atoms with Gasteiger partial charge in [-0.2, -0.15) is 0 Å². The Morgan fingerprint density at radius 1 is 1.31 bits per heavy atom. The molecule has 0 aromatic heterocycles. The van der Waals surface area contributed by atoms with Gasteiger partial charge in [0, 0.05) is 17.2 Å². The highest BCUT2D eigenvalue weighted by atomic mass is 35.5. The van der Waals surface area contributed by atoms with E-state index in [0.29, 0.717) is 12.5 Å². The second-order valence-electron chi connectivity index (χ2n) is 10.1. The van der Waals surface area contributed by atoms with Gasteiger partial charge in [0.1, 0.15) is 4.75 Å². The molecule has 1 aliphatic heterocycles. The maximum Gasteiger partial charge on any atom is 0.242 e. The molecule has 0 bridgehead atoms. The van der Waals surface area contributed by atoms with Crippen LogP contribution >= 0.6 is 23.4 Å². The Hall–Kier alpha value is -1.12. The number of amidine groups is 1. The first-order valence-electron chi connectivity index (χ1n) is 13.4. The molecule has 4 atom stereocenters. The van der Waals surface area contributed by atoms with Crippen LogP contribution in [0.2, 0.25) is 5.02 Å². The highest BCUT2D eigenvalue weighted by Gasteiger charge is 2.48. The molecular weight excluding hydrogens is 492 g/mol. The third kappa shape index (κ3) is 10.3. The van der Waals surface area contributed by atoms with Gasteiger partial charge in [-0.25, -0.2) is 0 Å². The quantitative estimate of drug-likeness (QED) is 0.322. The van der Waals surface area contributed by atoms with Crippen molar-refractivity contribution in [3.63, 3.8) is 0 Å². The fourth-order valence-corrected chi connectivity index (χ4v) is 6.17. The Labute approximate surface area is 228 Å². The van der Waals surface area contributed by atoms with Gasteiger partial charge in [-0.05, 0) is 83.5 Å². The zero-order chi connectivity index (χ0) is 27.2. The van der Waals surface area contributed by atoms with Gasteiger partial charge in [0.05, 0.1) is 6.04 Å². The molecule has 36 heavy (non-hydrogen) atoms. The fraction of sp³-hybridized carbons (Fsp3) is 0.714. The minimum Gasteiger partial charge on any atom is -0.396 e. The van der Waals surface area contributed by atoms with Crippen LogP contribution in [0.25, 0.3) is 0 Å². The van der Waals surface area contributed by atoms with Crippen molar-refractivity contribution in [3.05, 3.63) is 34.9 Å². The lowest BCUT2D eigenvalue weighted by Gasteiger charge is -2.29. The molecule has 206 valence electrons. The number of benzene rings is 1. The summed E-state index contributed by atoms with van der Waals surface area (Å²) in [5.74, 6) is 0.458. The number of carbonyl (C=O) groups is 1. The van der Waals surface area contributed by atoms with Gasteiger partial charge in [0.2, 0.25) is 5.91 Å². The minimum atomic E-state index is -0.410. The topological polar surface area (TPSA) is 99.7 Å². The first-order chi connectivity index (χ1) is 17.1. The van der Waals surface area contributed by atoms with Gasteiger partial charge in [-0.15, -0.1) is 0 Å². The SMILES string of the molecule is CCCC1(N)CCC(N=C2NC(=O)C(C)(C(CC)CCNC)S2)C1.CCCO.Cc1ccccc1Cl. The molecule has 1 amide bonds. The second kappa shape index (κ2) is 16.7. The molecule has 3 rings (SSSR count). The number of nitrogens with one attached hydrogen (secondary N) is 2. The van der Waals surface area contributed by atoms with Crippen LogP contribution in [-0.2, 0) is 4.79 Å². The molecule has 5 N–H and O–H groups in total. The lowest BCUT2D eigenvalue weighted by atomic mass is 9.87. The van der Waals surface area contributed by atoms with E-state index < -0.39 is 4.75 Å². The second-order valence-corrected chi connectivity index (χ2v) is 11.9. The Kier molecular flexibility index (Phi) is 15.2. The monoisotopic (exact) mass is 540 g/mol. The van der Waals surface area contributed by atoms with Crippen molar-refractivity contribution in [1.29, 1.82) is 0 Å². The van der Waals surface area contributed by atoms with E-state index in [9.17, 15) is 4.79 Å². The van der Waals surface area contributed by atoms with E-state index in [1.165, 1.54) is 0 Å². The number of halogens is 1. The molecule has 1 heterocycles. The first-order valence-corrected chi connectivity index (χ1v) is 14.6. The van der Waals surface area contributed by atoms with E-state index in [4.69, 9.17) is 27.4 Å². The summed E-state index contributed by atoms with van der Waals surface area (Å²) in [5.41, 5.74) is 7.55. The molecule has 1 saturated carbocycles. The van der Waals surface area contributed by atoms with Crippen molar-refractivity contribution in [2.45, 2.75) is 102 Å². The molecule has 1 aromatic rings. The average Bonchev–Trinajstić information content (AvgIpc) is 3.35. The van der Waals surface area contributed by atoms with E-state index in [1.807, 2.05) is 45.2 Å².